The van der Waals surface area contributed by atoms with Crippen LogP contribution >= 0.6 is 0 Å². The minimum atomic E-state index is -0.295. The van der Waals surface area contributed by atoms with Crippen LogP contribution in [-0.2, 0) is 9.57 Å². The molecule has 0 atom stereocenters. The summed E-state index contributed by atoms with van der Waals surface area (Å²) in [6.07, 6.45) is 6.27. The van der Waals surface area contributed by atoms with Crippen LogP contribution in [0.1, 0.15) is 38.5 Å². The average molecular weight is 199 g/mol. The lowest BCUT2D eigenvalue weighted by molar-refractivity contribution is -0.160. The van der Waals surface area contributed by atoms with E-state index in [0.717, 1.165) is 25.7 Å². The molecule has 4 heteroatoms. The first-order valence-corrected chi connectivity index (χ1v) is 5.47. The van der Waals surface area contributed by atoms with Gasteiger partial charge in [-0.25, -0.2) is 4.79 Å². The number of hydrogen-bond donors (Lipinski definition) is 0. The van der Waals surface area contributed by atoms with E-state index in [0.29, 0.717) is 13.2 Å². The fourth-order valence-electron chi connectivity index (χ4n) is 1.95. The monoisotopic (exact) mass is 199 g/mol. The molecule has 4 nitrogen and oxygen atoms in total. The molecule has 1 saturated heterocycles. The lowest BCUT2D eigenvalue weighted by atomic mass is 10.3. The Bertz CT molecular complexity index is 196. The Balaban J connectivity index is 1.75. The van der Waals surface area contributed by atoms with Crippen molar-refractivity contribution < 1.29 is 14.4 Å². The third-order valence-corrected chi connectivity index (χ3v) is 2.78. The first-order valence-electron chi connectivity index (χ1n) is 5.47. The fraction of sp³-hybridized carbons (Fsp3) is 0.900. The van der Waals surface area contributed by atoms with E-state index >= 15 is 0 Å². The molecule has 0 aromatic carbocycles. The van der Waals surface area contributed by atoms with Gasteiger partial charge in [-0.3, -0.25) is 4.84 Å². The number of amides is 1. The van der Waals surface area contributed by atoms with Gasteiger partial charge in [0.05, 0.1) is 13.2 Å². The highest BCUT2D eigenvalue weighted by Gasteiger charge is 2.24. The number of hydroxylamine groups is 2. The smallest absolute Gasteiger partial charge is 0.434 e. The maximum absolute atomic E-state index is 11.5. The van der Waals surface area contributed by atoms with Crippen molar-refractivity contribution in [2.24, 2.45) is 0 Å². The molecule has 0 aromatic rings. The van der Waals surface area contributed by atoms with Crippen molar-refractivity contribution in [2.75, 3.05) is 13.2 Å². The molecule has 0 spiro atoms. The Morgan fingerprint density at radius 3 is 2.64 bits per heavy atom. The van der Waals surface area contributed by atoms with E-state index < -0.39 is 0 Å². The van der Waals surface area contributed by atoms with Gasteiger partial charge >= 0.3 is 6.09 Å². The highest BCUT2D eigenvalue weighted by molar-refractivity contribution is 5.66. The zero-order chi connectivity index (χ0) is 9.80. The molecule has 0 unspecified atom stereocenters. The Morgan fingerprint density at radius 2 is 2.00 bits per heavy atom. The molecule has 2 rings (SSSR count). The second-order valence-electron chi connectivity index (χ2n) is 3.93. The van der Waals surface area contributed by atoms with Crippen molar-refractivity contribution in [3.63, 3.8) is 0 Å². The van der Waals surface area contributed by atoms with E-state index in [9.17, 15) is 4.79 Å². The number of carbonyl (C=O) groups is 1. The van der Waals surface area contributed by atoms with E-state index in [-0.39, 0.29) is 12.2 Å². The normalized spacial score (nSPS) is 23.9. The van der Waals surface area contributed by atoms with Gasteiger partial charge < -0.3 is 4.74 Å². The molecule has 1 aliphatic heterocycles. The van der Waals surface area contributed by atoms with Crippen LogP contribution in [0.25, 0.3) is 0 Å². The number of carbonyl (C=O) groups excluding carboxylic acids is 1. The van der Waals surface area contributed by atoms with Crippen molar-refractivity contribution in [3.05, 3.63) is 0 Å². The lowest BCUT2D eigenvalue weighted by Gasteiger charge is -2.26. The van der Waals surface area contributed by atoms with Gasteiger partial charge in [0.1, 0.15) is 6.10 Å². The van der Waals surface area contributed by atoms with E-state index in [2.05, 4.69) is 0 Å². The van der Waals surface area contributed by atoms with Crippen LogP contribution in [0.4, 0.5) is 4.79 Å². The molecule has 2 fully saturated rings. The summed E-state index contributed by atoms with van der Waals surface area (Å²) in [5.41, 5.74) is 0. The molecule has 14 heavy (non-hydrogen) atoms. The molecular formula is C10H17NO3. The molecule has 0 radical (unpaired) electrons. The summed E-state index contributed by atoms with van der Waals surface area (Å²) in [5, 5.41) is 1.36. The molecule has 80 valence electrons. The second kappa shape index (κ2) is 4.64. The third kappa shape index (κ3) is 2.38. The van der Waals surface area contributed by atoms with Crippen LogP contribution in [0, 0.1) is 0 Å². The minimum Gasteiger partial charge on any atom is -0.445 e. The Kier molecular flexibility index (Phi) is 3.24. The predicted octanol–water partition coefficient (Wildman–Crippen LogP) is 2.09. The summed E-state index contributed by atoms with van der Waals surface area (Å²) in [6.45, 7) is 1.31. The Labute approximate surface area is 84.1 Å². The number of rotatable bonds is 1. The average Bonchev–Trinajstić information content (AvgIpc) is 2.72. The van der Waals surface area contributed by atoms with Gasteiger partial charge in [0.2, 0.25) is 0 Å². The van der Waals surface area contributed by atoms with Crippen LogP contribution in [0.2, 0.25) is 0 Å². The van der Waals surface area contributed by atoms with Gasteiger partial charge in [-0.05, 0) is 38.5 Å². The molecule has 0 N–H and O–H groups in total. The standard InChI is InChI=1S/C10H17NO3/c12-10(11-7-3-4-8-13-11)14-9-5-1-2-6-9/h9H,1-8H2. The molecule has 2 aliphatic rings. The molecule has 1 saturated carbocycles. The van der Waals surface area contributed by atoms with Crippen molar-refractivity contribution >= 4 is 6.09 Å². The molecular weight excluding hydrogens is 182 g/mol. The van der Waals surface area contributed by atoms with Gasteiger partial charge in [0.15, 0.2) is 0 Å². The van der Waals surface area contributed by atoms with E-state index in [4.69, 9.17) is 9.57 Å². The summed E-state index contributed by atoms with van der Waals surface area (Å²) in [5.74, 6) is 0. The van der Waals surface area contributed by atoms with E-state index in [1.54, 1.807) is 0 Å². The molecule has 1 aliphatic carbocycles. The van der Waals surface area contributed by atoms with Crippen molar-refractivity contribution in [1.82, 2.24) is 5.06 Å². The van der Waals surface area contributed by atoms with Crippen LogP contribution in [0.3, 0.4) is 0 Å². The fourth-order valence-corrected chi connectivity index (χ4v) is 1.95. The highest BCUT2D eigenvalue weighted by atomic mass is 16.7. The molecule has 0 aromatic heterocycles. The maximum atomic E-state index is 11.5. The topological polar surface area (TPSA) is 38.8 Å². The zero-order valence-electron chi connectivity index (χ0n) is 8.41. The van der Waals surface area contributed by atoms with Crippen molar-refractivity contribution in [1.29, 1.82) is 0 Å². The number of ether oxygens (including phenoxy) is 1. The molecule has 1 amide bonds. The van der Waals surface area contributed by atoms with Crippen LogP contribution in [0.15, 0.2) is 0 Å². The van der Waals surface area contributed by atoms with Gasteiger partial charge in [-0.2, -0.15) is 5.06 Å². The number of nitrogens with zero attached hydrogens (tertiary/aromatic N) is 1. The van der Waals surface area contributed by atoms with Crippen molar-refractivity contribution in [3.8, 4) is 0 Å². The summed E-state index contributed by atoms with van der Waals surface area (Å²) < 4.78 is 5.31. The second-order valence-corrected chi connectivity index (χ2v) is 3.93. The maximum Gasteiger partial charge on any atom is 0.434 e. The molecule has 0 bridgehead atoms. The van der Waals surface area contributed by atoms with E-state index in [1.807, 2.05) is 0 Å². The zero-order valence-corrected chi connectivity index (χ0v) is 8.41. The van der Waals surface area contributed by atoms with Crippen LogP contribution < -0.4 is 0 Å². The highest BCUT2D eigenvalue weighted by Crippen LogP contribution is 2.22. The quantitative estimate of drug-likeness (QED) is 0.649. The third-order valence-electron chi connectivity index (χ3n) is 2.78. The van der Waals surface area contributed by atoms with Gasteiger partial charge in [0, 0.05) is 0 Å². The van der Waals surface area contributed by atoms with Gasteiger partial charge in [0.25, 0.3) is 0 Å². The Hall–Kier alpha value is -0.770. The lowest BCUT2D eigenvalue weighted by Crippen LogP contribution is -2.37. The van der Waals surface area contributed by atoms with Crippen LogP contribution in [-0.4, -0.2) is 30.4 Å². The largest absolute Gasteiger partial charge is 0.445 e. The van der Waals surface area contributed by atoms with Crippen molar-refractivity contribution in [2.45, 2.75) is 44.6 Å². The summed E-state index contributed by atoms with van der Waals surface area (Å²) >= 11 is 0. The molecule has 1 heterocycles. The summed E-state index contributed by atoms with van der Waals surface area (Å²) in [6, 6.07) is 0. The SMILES string of the molecule is O=C(OC1CCCC1)N1CCCCO1. The minimum absolute atomic E-state index is 0.132. The summed E-state index contributed by atoms with van der Waals surface area (Å²) in [4.78, 5) is 16.7. The van der Waals surface area contributed by atoms with Gasteiger partial charge in [-0.1, -0.05) is 0 Å². The first kappa shape index (κ1) is 9.77. The van der Waals surface area contributed by atoms with Crippen LogP contribution in [0.5, 0.6) is 0 Å². The van der Waals surface area contributed by atoms with Gasteiger partial charge in [-0.15, -0.1) is 0 Å². The predicted molar refractivity (Wildman–Crippen MR) is 50.6 cm³/mol. The Morgan fingerprint density at radius 1 is 1.21 bits per heavy atom. The van der Waals surface area contributed by atoms with E-state index in [1.165, 1.54) is 17.9 Å². The first-order chi connectivity index (χ1) is 6.86. The number of hydrogen-bond acceptors (Lipinski definition) is 3. The summed E-state index contributed by atoms with van der Waals surface area (Å²) in [7, 11) is 0.